The molecule has 2 aromatic rings. The second kappa shape index (κ2) is 8.98. The van der Waals surface area contributed by atoms with Gasteiger partial charge in [0, 0.05) is 30.8 Å². The van der Waals surface area contributed by atoms with Crippen molar-refractivity contribution in [1.29, 1.82) is 0 Å². The third kappa shape index (κ3) is 4.23. The highest BCUT2D eigenvalue weighted by Crippen LogP contribution is 2.36. The van der Waals surface area contributed by atoms with Crippen molar-refractivity contribution in [3.05, 3.63) is 54.1 Å². The number of nitrogens with one attached hydrogen (secondary N) is 1. The molecule has 0 atom stereocenters. The molecule has 0 unspecified atom stereocenters. The largest absolute Gasteiger partial charge is 0.495 e. The summed E-state index contributed by atoms with van der Waals surface area (Å²) in [5.74, 6) is 0.802. The van der Waals surface area contributed by atoms with Crippen LogP contribution in [0, 0.1) is 0 Å². The van der Waals surface area contributed by atoms with Crippen LogP contribution in [-0.2, 0) is 4.79 Å². The van der Waals surface area contributed by atoms with E-state index in [0.29, 0.717) is 30.1 Å². The fourth-order valence-electron chi connectivity index (χ4n) is 4.69. The summed E-state index contributed by atoms with van der Waals surface area (Å²) in [5.41, 5.74) is 7.63. The zero-order valence-electron chi connectivity index (χ0n) is 18.0. The highest BCUT2D eigenvalue weighted by Gasteiger charge is 2.50. The molecule has 2 fully saturated rings. The second-order valence-electron chi connectivity index (χ2n) is 8.28. The SMILES string of the molecule is COc1ccc(C(=O)CCCN2CCC3(CC2)C(=O)NCN3c2ccccc2)cc1N. The number of ketones is 1. The summed E-state index contributed by atoms with van der Waals surface area (Å²) in [6.07, 6.45) is 2.84. The van der Waals surface area contributed by atoms with Crippen LogP contribution in [0.5, 0.6) is 5.75 Å². The number of benzene rings is 2. The third-order valence-electron chi connectivity index (χ3n) is 6.52. The lowest BCUT2D eigenvalue weighted by Crippen LogP contribution is -2.56. The fraction of sp³-hybridized carbons (Fsp3) is 0.417. The van der Waals surface area contributed by atoms with Crippen LogP contribution in [0.15, 0.2) is 48.5 Å². The Morgan fingerprint density at radius 3 is 2.58 bits per heavy atom. The molecule has 31 heavy (non-hydrogen) atoms. The number of nitrogens with two attached hydrogens (primary N) is 1. The van der Waals surface area contributed by atoms with Gasteiger partial charge in [0.15, 0.2) is 5.78 Å². The van der Waals surface area contributed by atoms with E-state index in [-0.39, 0.29) is 11.7 Å². The Morgan fingerprint density at radius 2 is 1.90 bits per heavy atom. The van der Waals surface area contributed by atoms with E-state index < -0.39 is 5.54 Å². The number of hydrogen-bond acceptors (Lipinski definition) is 6. The number of likely N-dealkylation sites (tertiary alicyclic amines) is 1. The van der Waals surface area contributed by atoms with E-state index in [2.05, 4.69) is 27.2 Å². The van der Waals surface area contributed by atoms with Gasteiger partial charge in [0.2, 0.25) is 5.91 Å². The van der Waals surface area contributed by atoms with Crippen LogP contribution >= 0.6 is 0 Å². The monoisotopic (exact) mass is 422 g/mol. The van der Waals surface area contributed by atoms with E-state index in [0.717, 1.165) is 44.6 Å². The molecule has 7 nitrogen and oxygen atoms in total. The average Bonchev–Trinajstić information content (AvgIpc) is 3.11. The maximum Gasteiger partial charge on any atom is 0.247 e. The molecule has 0 radical (unpaired) electrons. The van der Waals surface area contributed by atoms with Gasteiger partial charge >= 0.3 is 0 Å². The van der Waals surface area contributed by atoms with Gasteiger partial charge in [-0.15, -0.1) is 0 Å². The number of Topliss-reactive ketones (excluding diaryl/α,β-unsaturated/α-hetero) is 1. The zero-order chi connectivity index (χ0) is 21.8. The van der Waals surface area contributed by atoms with E-state index >= 15 is 0 Å². The van der Waals surface area contributed by atoms with E-state index in [1.807, 2.05) is 18.2 Å². The molecule has 164 valence electrons. The molecule has 4 rings (SSSR count). The summed E-state index contributed by atoms with van der Waals surface area (Å²) >= 11 is 0. The Hall–Kier alpha value is -3.06. The number of methoxy groups -OCH3 is 1. The van der Waals surface area contributed by atoms with Gasteiger partial charge < -0.3 is 25.6 Å². The Balaban J connectivity index is 1.30. The van der Waals surface area contributed by atoms with Crippen molar-refractivity contribution in [2.45, 2.75) is 31.2 Å². The molecule has 2 heterocycles. The Morgan fingerprint density at radius 1 is 1.16 bits per heavy atom. The van der Waals surface area contributed by atoms with Crippen molar-refractivity contribution in [3.63, 3.8) is 0 Å². The number of nitrogens with zero attached hydrogens (tertiary/aromatic N) is 2. The lowest BCUT2D eigenvalue weighted by atomic mass is 9.85. The van der Waals surface area contributed by atoms with Gasteiger partial charge in [-0.25, -0.2) is 0 Å². The van der Waals surface area contributed by atoms with E-state index in [1.165, 1.54) is 0 Å². The molecule has 2 aliphatic rings. The van der Waals surface area contributed by atoms with Crippen LogP contribution < -0.4 is 20.7 Å². The number of hydrogen-bond donors (Lipinski definition) is 2. The average molecular weight is 423 g/mol. The Bertz CT molecular complexity index is 939. The lowest BCUT2D eigenvalue weighted by molar-refractivity contribution is -0.125. The van der Waals surface area contributed by atoms with Gasteiger partial charge in [-0.1, -0.05) is 18.2 Å². The first kappa shape index (κ1) is 21.2. The number of amides is 1. The molecule has 0 aliphatic carbocycles. The fourth-order valence-corrected chi connectivity index (χ4v) is 4.69. The van der Waals surface area contributed by atoms with Gasteiger partial charge in [-0.05, 0) is 56.1 Å². The summed E-state index contributed by atoms with van der Waals surface area (Å²) in [6.45, 7) is 3.10. The molecule has 2 saturated heterocycles. The molecule has 0 aromatic heterocycles. The standard InChI is InChI=1S/C24H30N4O3/c1-31-22-10-9-18(16-20(22)25)21(29)8-5-13-27-14-11-24(12-15-27)23(30)26-17-28(24)19-6-3-2-4-7-19/h2-4,6-7,9-10,16H,5,8,11-15,17,25H2,1H3,(H,26,30). The second-order valence-corrected chi connectivity index (χ2v) is 8.28. The zero-order valence-corrected chi connectivity index (χ0v) is 18.0. The molecule has 1 spiro atoms. The van der Waals surface area contributed by atoms with Gasteiger partial charge in [0.25, 0.3) is 0 Å². The Labute approximate surface area is 183 Å². The number of ether oxygens (including phenoxy) is 1. The van der Waals surface area contributed by atoms with Gasteiger partial charge in [-0.2, -0.15) is 0 Å². The van der Waals surface area contributed by atoms with Crippen molar-refractivity contribution in [3.8, 4) is 5.75 Å². The maximum absolute atomic E-state index is 12.7. The van der Waals surface area contributed by atoms with Crippen LogP contribution in [0.3, 0.4) is 0 Å². The normalized spacial score (nSPS) is 18.2. The minimum Gasteiger partial charge on any atom is -0.495 e. The predicted octanol–water partition coefficient (Wildman–Crippen LogP) is 2.67. The first-order valence-corrected chi connectivity index (χ1v) is 10.8. The lowest BCUT2D eigenvalue weighted by Gasteiger charge is -2.43. The van der Waals surface area contributed by atoms with Crippen molar-refractivity contribution >= 4 is 23.1 Å². The molecule has 0 saturated carbocycles. The third-order valence-corrected chi connectivity index (χ3v) is 6.52. The number of nitrogen functional groups attached to an aromatic ring is 1. The van der Waals surface area contributed by atoms with Crippen LogP contribution in [0.1, 0.15) is 36.0 Å². The quantitative estimate of drug-likeness (QED) is 0.527. The van der Waals surface area contributed by atoms with Crippen molar-refractivity contribution < 1.29 is 14.3 Å². The van der Waals surface area contributed by atoms with Crippen LogP contribution in [0.4, 0.5) is 11.4 Å². The minimum atomic E-state index is -0.464. The molecule has 3 N–H and O–H groups in total. The maximum atomic E-state index is 12.7. The summed E-state index contributed by atoms with van der Waals surface area (Å²) < 4.78 is 5.15. The number of rotatable bonds is 7. The Kier molecular flexibility index (Phi) is 6.13. The molecule has 7 heteroatoms. The molecular weight excluding hydrogens is 392 g/mol. The number of para-hydroxylation sites is 1. The first-order valence-electron chi connectivity index (χ1n) is 10.8. The highest BCUT2D eigenvalue weighted by molar-refractivity contribution is 5.97. The molecule has 0 bridgehead atoms. The van der Waals surface area contributed by atoms with Crippen LogP contribution in [-0.4, -0.2) is 55.5 Å². The topological polar surface area (TPSA) is 87.9 Å². The summed E-state index contributed by atoms with van der Waals surface area (Å²) in [6, 6.07) is 15.3. The summed E-state index contributed by atoms with van der Waals surface area (Å²) in [4.78, 5) is 29.8. The molecule has 2 aromatic carbocycles. The van der Waals surface area contributed by atoms with Gasteiger partial charge in [0.1, 0.15) is 11.3 Å². The van der Waals surface area contributed by atoms with E-state index in [9.17, 15) is 9.59 Å². The molecule has 1 amide bonds. The predicted molar refractivity (Wildman–Crippen MR) is 121 cm³/mol. The summed E-state index contributed by atoms with van der Waals surface area (Å²) in [7, 11) is 1.56. The number of carbonyl (C=O) groups excluding carboxylic acids is 2. The summed E-state index contributed by atoms with van der Waals surface area (Å²) in [5, 5.41) is 3.04. The van der Waals surface area contributed by atoms with Gasteiger partial charge in [-0.3, -0.25) is 9.59 Å². The first-order chi connectivity index (χ1) is 15.0. The van der Waals surface area contributed by atoms with Gasteiger partial charge in [0.05, 0.1) is 19.5 Å². The minimum absolute atomic E-state index is 0.0910. The van der Waals surface area contributed by atoms with Crippen LogP contribution in [0.25, 0.3) is 0 Å². The van der Waals surface area contributed by atoms with Crippen molar-refractivity contribution in [2.24, 2.45) is 0 Å². The van der Waals surface area contributed by atoms with E-state index in [1.54, 1.807) is 25.3 Å². The highest BCUT2D eigenvalue weighted by atomic mass is 16.5. The number of carbonyl (C=O) groups is 2. The van der Waals surface area contributed by atoms with Crippen LogP contribution in [0.2, 0.25) is 0 Å². The number of piperidine rings is 1. The molecular formula is C24H30N4O3. The van der Waals surface area contributed by atoms with Crippen molar-refractivity contribution in [1.82, 2.24) is 10.2 Å². The number of anilines is 2. The van der Waals surface area contributed by atoms with Crippen molar-refractivity contribution in [2.75, 3.05) is 44.0 Å². The smallest absolute Gasteiger partial charge is 0.247 e. The molecule has 2 aliphatic heterocycles. The van der Waals surface area contributed by atoms with E-state index in [4.69, 9.17) is 10.5 Å².